The number of amides is 1. The lowest BCUT2D eigenvalue weighted by atomic mass is 10.1. The third kappa shape index (κ3) is 5.82. The maximum atomic E-state index is 11.5. The molecule has 1 amide bonds. The van der Waals surface area contributed by atoms with Crippen molar-refractivity contribution in [2.24, 2.45) is 0 Å². The summed E-state index contributed by atoms with van der Waals surface area (Å²) in [6, 6.07) is 11.1. The van der Waals surface area contributed by atoms with Crippen LogP contribution < -0.4 is 10.9 Å². The zero-order chi connectivity index (χ0) is 16.5. The number of aromatic nitrogens is 1. The number of pyridine rings is 1. The summed E-state index contributed by atoms with van der Waals surface area (Å²) >= 11 is 0. The van der Waals surface area contributed by atoms with Crippen LogP contribution in [0.5, 0.6) is 0 Å². The largest absolute Gasteiger partial charge is 0.445 e. The molecule has 2 N–H and O–H groups in total. The summed E-state index contributed by atoms with van der Waals surface area (Å²) in [5, 5.41) is 2.69. The van der Waals surface area contributed by atoms with Gasteiger partial charge in [-0.3, -0.25) is 4.79 Å². The Labute approximate surface area is 135 Å². The molecule has 0 unspecified atom stereocenters. The minimum Gasteiger partial charge on any atom is -0.445 e. The molecule has 0 fully saturated rings. The Hall–Kier alpha value is -2.82. The van der Waals surface area contributed by atoms with Crippen LogP contribution in [0.1, 0.15) is 23.1 Å². The molecular formula is C18H20N2O3. The van der Waals surface area contributed by atoms with Crippen LogP contribution in [0.15, 0.2) is 53.5 Å². The zero-order valence-corrected chi connectivity index (χ0v) is 13.0. The lowest BCUT2D eigenvalue weighted by Gasteiger charge is -2.06. The van der Waals surface area contributed by atoms with Crippen LogP contribution in [0.4, 0.5) is 4.79 Å². The van der Waals surface area contributed by atoms with Crippen LogP contribution in [0.25, 0.3) is 6.08 Å². The monoisotopic (exact) mass is 312 g/mol. The number of hydrogen-bond acceptors (Lipinski definition) is 3. The normalized spacial score (nSPS) is 10.7. The molecule has 0 bridgehead atoms. The summed E-state index contributed by atoms with van der Waals surface area (Å²) < 4.78 is 5.11. The van der Waals surface area contributed by atoms with E-state index < -0.39 is 6.09 Å². The molecular weight excluding hydrogens is 292 g/mol. The number of ether oxygens (including phenoxy) is 1. The van der Waals surface area contributed by atoms with E-state index in [4.69, 9.17) is 4.74 Å². The minimum absolute atomic E-state index is 0.109. The fourth-order valence-corrected chi connectivity index (χ4v) is 2.01. The van der Waals surface area contributed by atoms with Crippen LogP contribution in [0.2, 0.25) is 0 Å². The molecule has 120 valence electrons. The minimum atomic E-state index is -0.428. The quantitative estimate of drug-likeness (QED) is 0.805. The van der Waals surface area contributed by atoms with Crippen molar-refractivity contribution in [3.05, 3.63) is 75.7 Å². The molecule has 1 aromatic carbocycles. The van der Waals surface area contributed by atoms with Gasteiger partial charge in [-0.1, -0.05) is 42.5 Å². The Morgan fingerprint density at radius 1 is 1.30 bits per heavy atom. The fourth-order valence-electron chi connectivity index (χ4n) is 2.01. The lowest BCUT2D eigenvalue weighted by Crippen LogP contribution is -2.24. The van der Waals surface area contributed by atoms with E-state index in [9.17, 15) is 9.59 Å². The number of alkyl carbamates (subject to hydrolysis) is 1. The van der Waals surface area contributed by atoms with Crippen molar-refractivity contribution in [3.8, 4) is 0 Å². The average molecular weight is 312 g/mol. The van der Waals surface area contributed by atoms with Gasteiger partial charge in [0.1, 0.15) is 6.61 Å². The highest BCUT2D eigenvalue weighted by Gasteiger charge is 2.00. The molecule has 0 saturated carbocycles. The Balaban J connectivity index is 1.67. The molecule has 5 heteroatoms. The molecule has 0 aliphatic carbocycles. The highest BCUT2D eigenvalue weighted by molar-refractivity contribution is 5.67. The van der Waals surface area contributed by atoms with E-state index in [1.807, 2.05) is 49.4 Å². The topological polar surface area (TPSA) is 71.2 Å². The number of carbonyl (C=O) groups is 1. The molecule has 0 aliphatic rings. The van der Waals surface area contributed by atoms with Gasteiger partial charge in [0.15, 0.2) is 0 Å². The van der Waals surface area contributed by atoms with E-state index in [1.54, 1.807) is 12.3 Å². The van der Waals surface area contributed by atoms with Crippen molar-refractivity contribution in [1.82, 2.24) is 10.3 Å². The van der Waals surface area contributed by atoms with Crippen molar-refractivity contribution in [3.63, 3.8) is 0 Å². The van der Waals surface area contributed by atoms with E-state index >= 15 is 0 Å². The number of nitrogens with one attached hydrogen (secondary N) is 2. The van der Waals surface area contributed by atoms with E-state index in [0.717, 1.165) is 16.7 Å². The van der Waals surface area contributed by atoms with E-state index in [2.05, 4.69) is 10.3 Å². The summed E-state index contributed by atoms with van der Waals surface area (Å²) in [4.78, 5) is 25.3. The molecule has 0 atom stereocenters. The molecule has 0 aliphatic heterocycles. The number of rotatable bonds is 6. The number of aryl methyl sites for hydroxylation is 1. The first-order valence-corrected chi connectivity index (χ1v) is 7.45. The molecule has 5 nitrogen and oxygen atoms in total. The molecule has 1 heterocycles. The Morgan fingerprint density at radius 2 is 2.09 bits per heavy atom. The van der Waals surface area contributed by atoms with E-state index in [1.165, 1.54) is 0 Å². The molecule has 23 heavy (non-hydrogen) atoms. The molecule has 1 aromatic heterocycles. The van der Waals surface area contributed by atoms with Gasteiger partial charge >= 0.3 is 6.09 Å². The second-order valence-corrected chi connectivity index (χ2v) is 5.12. The molecule has 0 radical (unpaired) electrons. The number of hydrogen-bond donors (Lipinski definition) is 2. The fraction of sp³-hybridized carbons (Fsp3) is 0.222. The van der Waals surface area contributed by atoms with Gasteiger partial charge in [-0.2, -0.15) is 0 Å². The van der Waals surface area contributed by atoms with Gasteiger partial charge in [0, 0.05) is 18.8 Å². The summed E-state index contributed by atoms with van der Waals surface area (Å²) in [7, 11) is 0. The van der Waals surface area contributed by atoms with Gasteiger partial charge < -0.3 is 15.0 Å². The number of aromatic amines is 1. The lowest BCUT2D eigenvalue weighted by molar-refractivity contribution is 0.140. The van der Waals surface area contributed by atoms with Crippen LogP contribution in [0.3, 0.4) is 0 Å². The van der Waals surface area contributed by atoms with Crippen LogP contribution in [-0.4, -0.2) is 17.6 Å². The zero-order valence-electron chi connectivity index (χ0n) is 13.0. The van der Waals surface area contributed by atoms with Gasteiger partial charge in [0.2, 0.25) is 5.56 Å². The van der Waals surface area contributed by atoms with Gasteiger partial charge in [-0.25, -0.2) is 4.79 Å². The first kappa shape index (κ1) is 16.5. The highest BCUT2D eigenvalue weighted by atomic mass is 16.5. The van der Waals surface area contributed by atoms with Crippen molar-refractivity contribution in [2.45, 2.75) is 20.0 Å². The van der Waals surface area contributed by atoms with Crippen molar-refractivity contribution < 1.29 is 9.53 Å². The van der Waals surface area contributed by atoms with Crippen LogP contribution in [-0.2, 0) is 11.3 Å². The van der Waals surface area contributed by atoms with E-state index in [-0.39, 0.29) is 12.2 Å². The van der Waals surface area contributed by atoms with Gasteiger partial charge in [-0.15, -0.1) is 0 Å². The SMILES string of the molecule is Cc1cc(=O)[nH]cc1C=CCCNC(=O)OCc1ccccc1. The van der Waals surface area contributed by atoms with E-state index in [0.29, 0.717) is 13.0 Å². The molecule has 0 saturated heterocycles. The Bertz CT molecular complexity index is 721. The molecule has 0 spiro atoms. The number of H-pyrrole nitrogens is 1. The second-order valence-electron chi connectivity index (χ2n) is 5.12. The Morgan fingerprint density at radius 3 is 2.83 bits per heavy atom. The Kier molecular flexibility index (Phi) is 6.17. The highest BCUT2D eigenvalue weighted by Crippen LogP contribution is 2.05. The summed E-state index contributed by atoms with van der Waals surface area (Å²) in [5.74, 6) is 0. The molecule has 2 rings (SSSR count). The third-order valence-electron chi connectivity index (χ3n) is 3.26. The van der Waals surface area contributed by atoms with Crippen LogP contribution in [0, 0.1) is 6.92 Å². The maximum absolute atomic E-state index is 11.5. The first-order valence-electron chi connectivity index (χ1n) is 7.45. The predicted octanol–water partition coefficient (Wildman–Crippen LogP) is 3.01. The smallest absolute Gasteiger partial charge is 0.407 e. The van der Waals surface area contributed by atoms with Crippen molar-refractivity contribution >= 4 is 12.2 Å². The summed E-state index contributed by atoms with van der Waals surface area (Å²) in [6.45, 7) is 2.64. The molecule has 2 aromatic rings. The number of benzene rings is 1. The average Bonchev–Trinajstić information content (AvgIpc) is 2.55. The van der Waals surface area contributed by atoms with Crippen LogP contribution >= 0.6 is 0 Å². The number of carbonyl (C=O) groups excluding carboxylic acids is 1. The third-order valence-corrected chi connectivity index (χ3v) is 3.26. The second kappa shape index (κ2) is 8.58. The predicted molar refractivity (Wildman–Crippen MR) is 90.1 cm³/mol. The standard InChI is InChI=1S/C18H20N2O3/c1-14-11-17(21)20-12-16(14)9-5-6-10-19-18(22)23-13-15-7-3-2-4-8-15/h2-5,7-9,11-12H,6,10,13H2,1H3,(H,19,22)(H,20,21). The van der Waals surface area contributed by atoms with Gasteiger partial charge in [0.05, 0.1) is 0 Å². The van der Waals surface area contributed by atoms with Crippen molar-refractivity contribution in [2.75, 3.05) is 6.54 Å². The maximum Gasteiger partial charge on any atom is 0.407 e. The van der Waals surface area contributed by atoms with Crippen molar-refractivity contribution in [1.29, 1.82) is 0 Å². The first-order chi connectivity index (χ1) is 11.1. The summed E-state index contributed by atoms with van der Waals surface area (Å²) in [5.41, 5.74) is 2.72. The summed E-state index contributed by atoms with van der Waals surface area (Å²) in [6.07, 6.45) is 5.79. The van der Waals surface area contributed by atoms with Gasteiger partial charge in [-0.05, 0) is 30.0 Å². The van der Waals surface area contributed by atoms with Gasteiger partial charge in [0.25, 0.3) is 0 Å².